The highest BCUT2D eigenvalue weighted by Gasteiger charge is 2.21. The minimum absolute atomic E-state index is 0.0739. The highest BCUT2D eigenvalue weighted by Crippen LogP contribution is 2.31. The molecule has 0 aliphatic rings. The summed E-state index contributed by atoms with van der Waals surface area (Å²) in [5.74, 6) is 0. The van der Waals surface area contributed by atoms with Gasteiger partial charge in [-0.2, -0.15) is 5.10 Å². The fourth-order valence-electron chi connectivity index (χ4n) is 2.67. The van der Waals surface area contributed by atoms with Crippen molar-refractivity contribution in [3.8, 4) is 0 Å². The third kappa shape index (κ3) is 2.59. The summed E-state index contributed by atoms with van der Waals surface area (Å²) in [5, 5.41) is 9.06. The van der Waals surface area contributed by atoms with Gasteiger partial charge in [-0.15, -0.1) is 0 Å². The molecule has 0 saturated heterocycles. The van der Waals surface area contributed by atoms with E-state index in [2.05, 4.69) is 56.5 Å². The van der Waals surface area contributed by atoms with Crippen molar-refractivity contribution in [2.75, 3.05) is 6.54 Å². The fraction of sp³-hybridized carbons (Fsp3) is 0.250. The smallest absolute Gasteiger partial charge is 0.0766 e. The second-order valence-electron chi connectivity index (χ2n) is 4.91. The molecule has 0 saturated carbocycles. The number of aromatic nitrogens is 3. The molecule has 1 atom stereocenters. The lowest BCUT2D eigenvalue weighted by atomic mass is 9.99. The van der Waals surface area contributed by atoms with Crippen LogP contribution in [-0.4, -0.2) is 21.3 Å². The molecule has 2 aromatic heterocycles. The molecule has 0 aliphatic heterocycles. The van der Waals surface area contributed by atoms with Gasteiger partial charge in [-0.25, -0.2) is 0 Å². The van der Waals surface area contributed by atoms with Crippen molar-refractivity contribution in [1.82, 2.24) is 20.1 Å². The Labute approximate surface area is 132 Å². The van der Waals surface area contributed by atoms with Crippen LogP contribution in [-0.2, 0) is 7.05 Å². The highest BCUT2D eigenvalue weighted by atomic mass is 79.9. The SMILES string of the molecule is CCNC(c1ccnc2ccccc12)c1c(Br)cnn1C. The summed E-state index contributed by atoms with van der Waals surface area (Å²) in [6, 6.07) is 10.4. The van der Waals surface area contributed by atoms with Crippen LogP contribution in [0.3, 0.4) is 0 Å². The first-order valence-corrected chi connectivity index (χ1v) is 7.76. The second-order valence-corrected chi connectivity index (χ2v) is 5.76. The van der Waals surface area contributed by atoms with Crippen LogP contribution >= 0.6 is 15.9 Å². The molecule has 1 aromatic carbocycles. The third-order valence-corrected chi connectivity index (χ3v) is 4.22. The first kappa shape index (κ1) is 14.2. The van der Waals surface area contributed by atoms with Crippen molar-refractivity contribution in [2.24, 2.45) is 7.05 Å². The van der Waals surface area contributed by atoms with Crippen LogP contribution in [0.2, 0.25) is 0 Å². The topological polar surface area (TPSA) is 42.7 Å². The summed E-state index contributed by atoms with van der Waals surface area (Å²) in [6.45, 7) is 2.99. The largest absolute Gasteiger partial charge is 0.305 e. The van der Waals surface area contributed by atoms with Crippen LogP contribution in [0.1, 0.15) is 24.2 Å². The van der Waals surface area contributed by atoms with Gasteiger partial charge in [0.25, 0.3) is 0 Å². The van der Waals surface area contributed by atoms with Gasteiger partial charge in [-0.1, -0.05) is 25.1 Å². The number of fused-ring (bicyclic) bond motifs is 1. The Morgan fingerprint density at radius 1 is 1.29 bits per heavy atom. The standard InChI is InChI=1S/C16H17BrN4/c1-3-18-15(16-13(17)10-20-21(16)2)12-8-9-19-14-7-5-4-6-11(12)14/h4-10,15,18H,3H2,1-2H3. The highest BCUT2D eigenvalue weighted by molar-refractivity contribution is 9.10. The number of nitrogens with zero attached hydrogens (tertiary/aromatic N) is 3. The number of hydrogen-bond acceptors (Lipinski definition) is 3. The molecule has 1 unspecified atom stereocenters. The normalized spacial score (nSPS) is 12.7. The predicted octanol–water partition coefficient (Wildman–Crippen LogP) is 3.43. The maximum absolute atomic E-state index is 4.45. The number of hydrogen-bond donors (Lipinski definition) is 1. The first-order chi connectivity index (χ1) is 10.2. The molecule has 4 nitrogen and oxygen atoms in total. The van der Waals surface area contributed by atoms with E-state index in [1.165, 1.54) is 10.9 Å². The minimum atomic E-state index is 0.0739. The summed E-state index contributed by atoms with van der Waals surface area (Å²) in [5.41, 5.74) is 3.34. The van der Waals surface area contributed by atoms with E-state index < -0.39 is 0 Å². The summed E-state index contributed by atoms with van der Waals surface area (Å²) in [6.07, 6.45) is 3.70. The maximum Gasteiger partial charge on any atom is 0.0766 e. The monoisotopic (exact) mass is 344 g/mol. The maximum atomic E-state index is 4.45. The van der Waals surface area contributed by atoms with Crippen molar-refractivity contribution in [3.05, 3.63) is 58.5 Å². The van der Waals surface area contributed by atoms with E-state index in [9.17, 15) is 0 Å². The summed E-state index contributed by atoms with van der Waals surface area (Å²) in [7, 11) is 1.97. The van der Waals surface area contributed by atoms with Gasteiger partial charge in [0.1, 0.15) is 0 Å². The van der Waals surface area contributed by atoms with Crippen LogP contribution in [0.5, 0.6) is 0 Å². The van der Waals surface area contributed by atoms with Crippen LogP contribution < -0.4 is 5.32 Å². The van der Waals surface area contributed by atoms with E-state index in [0.717, 1.165) is 22.2 Å². The van der Waals surface area contributed by atoms with E-state index in [-0.39, 0.29) is 6.04 Å². The van der Waals surface area contributed by atoms with E-state index in [1.54, 1.807) is 0 Å². The summed E-state index contributed by atoms with van der Waals surface area (Å²) >= 11 is 3.61. The third-order valence-electron chi connectivity index (χ3n) is 3.61. The molecule has 1 N–H and O–H groups in total. The zero-order valence-electron chi connectivity index (χ0n) is 12.0. The van der Waals surface area contributed by atoms with Crippen LogP contribution in [0.25, 0.3) is 10.9 Å². The van der Waals surface area contributed by atoms with Gasteiger partial charge in [0.05, 0.1) is 27.9 Å². The molecular weight excluding hydrogens is 328 g/mol. The Morgan fingerprint density at radius 2 is 2.10 bits per heavy atom. The zero-order chi connectivity index (χ0) is 14.8. The Morgan fingerprint density at radius 3 is 2.81 bits per heavy atom. The lowest BCUT2D eigenvalue weighted by Crippen LogP contribution is -2.25. The molecule has 108 valence electrons. The number of rotatable bonds is 4. The molecule has 3 rings (SSSR count). The van der Waals surface area contributed by atoms with E-state index in [4.69, 9.17) is 0 Å². The van der Waals surface area contributed by atoms with Crippen molar-refractivity contribution >= 4 is 26.8 Å². The van der Waals surface area contributed by atoms with Gasteiger partial charge >= 0.3 is 0 Å². The van der Waals surface area contributed by atoms with Crippen LogP contribution in [0.15, 0.2) is 47.2 Å². The minimum Gasteiger partial charge on any atom is -0.305 e. The Bertz CT molecular complexity index is 741. The molecule has 0 bridgehead atoms. The van der Waals surface area contributed by atoms with Crippen molar-refractivity contribution in [3.63, 3.8) is 0 Å². The van der Waals surface area contributed by atoms with Gasteiger partial charge in [-0.3, -0.25) is 9.67 Å². The molecular formula is C16H17BrN4. The van der Waals surface area contributed by atoms with Gasteiger partial charge in [0.2, 0.25) is 0 Å². The lowest BCUT2D eigenvalue weighted by Gasteiger charge is -2.21. The van der Waals surface area contributed by atoms with E-state index in [1.807, 2.05) is 36.3 Å². The van der Waals surface area contributed by atoms with Gasteiger partial charge < -0.3 is 5.32 Å². The van der Waals surface area contributed by atoms with Gasteiger partial charge in [-0.05, 0) is 40.2 Å². The Hall–Kier alpha value is -1.72. The van der Waals surface area contributed by atoms with Crippen LogP contribution in [0, 0.1) is 0 Å². The molecule has 0 amide bonds. The van der Waals surface area contributed by atoms with Crippen molar-refractivity contribution < 1.29 is 0 Å². The number of aryl methyl sites for hydroxylation is 1. The molecule has 3 aromatic rings. The van der Waals surface area contributed by atoms with Gasteiger partial charge in [0.15, 0.2) is 0 Å². The predicted molar refractivity (Wildman–Crippen MR) is 88.2 cm³/mol. The van der Waals surface area contributed by atoms with E-state index in [0.29, 0.717) is 0 Å². The Balaban J connectivity index is 2.21. The quantitative estimate of drug-likeness (QED) is 0.788. The number of para-hydroxylation sites is 1. The average molecular weight is 345 g/mol. The van der Waals surface area contributed by atoms with Gasteiger partial charge in [0, 0.05) is 18.6 Å². The molecule has 0 radical (unpaired) electrons. The molecule has 2 heterocycles. The average Bonchev–Trinajstić information content (AvgIpc) is 2.84. The number of nitrogens with one attached hydrogen (secondary N) is 1. The number of benzene rings is 1. The van der Waals surface area contributed by atoms with Crippen molar-refractivity contribution in [1.29, 1.82) is 0 Å². The second kappa shape index (κ2) is 5.95. The van der Waals surface area contributed by atoms with E-state index >= 15 is 0 Å². The zero-order valence-corrected chi connectivity index (χ0v) is 13.6. The molecule has 0 spiro atoms. The summed E-state index contributed by atoms with van der Waals surface area (Å²) < 4.78 is 2.92. The lowest BCUT2D eigenvalue weighted by molar-refractivity contribution is 0.573. The van der Waals surface area contributed by atoms with Crippen molar-refractivity contribution in [2.45, 2.75) is 13.0 Å². The summed E-state index contributed by atoms with van der Waals surface area (Å²) in [4.78, 5) is 4.45. The number of halogens is 1. The fourth-order valence-corrected chi connectivity index (χ4v) is 3.25. The molecule has 0 aliphatic carbocycles. The first-order valence-electron chi connectivity index (χ1n) is 6.96. The molecule has 5 heteroatoms. The molecule has 21 heavy (non-hydrogen) atoms. The molecule has 0 fully saturated rings. The number of pyridine rings is 1. The van der Waals surface area contributed by atoms with Crippen LogP contribution in [0.4, 0.5) is 0 Å². The Kier molecular flexibility index (Phi) is 4.03.